The number of cyclic esters (lactones) is 1. The minimum atomic E-state index is -1.13. The molecule has 2 aliphatic rings. The van der Waals surface area contributed by atoms with Crippen LogP contribution >= 0.6 is 0 Å². The Kier molecular flexibility index (Phi) is 4.92. The number of hydrogen-bond donors (Lipinski definition) is 0. The van der Waals surface area contributed by atoms with Crippen LogP contribution in [0.3, 0.4) is 0 Å². The number of carbonyl (C=O) groups is 3. The van der Waals surface area contributed by atoms with Crippen molar-refractivity contribution < 1.29 is 28.6 Å². The number of carbonyl (C=O) groups excluding carboxylic acids is 3. The second-order valence-electron chi connectivity index (χ2n) is 6.24. The average molecular weight is 322 g/mol. The van der Waals surface area contributed by atoms with Crippen LogP contribution in [0.5, 0.6) is 0 Å². The van der Waals surface area contributed by atoms with Crippen LogP contribution in [0.15, 0.2) is 23.5 Å². The Bertz CT molecular complexity index is 588. The minimum absolute atomic E-state index is 0.122. The second kappa shape index (κ2) is 6.56. The van der Waals surface area contributed by atoms with Crippen molar-refractivity contribution in [2.75, 3.05) is 7.11 Å². The largest absolute Gasteiger partial charge is 0.482 e. The molecule has 3 atom stereocenters. The Morgan fingerprint density at radius 3 is 2.74 bits per heavy atom. The molecule has 0 bridgehead atoms. The topological polar surface area (TPSA) is 78.9 Å². The SMILES string of the molecule is CC[C@H](C)C[C@@]1(C)C=C/C(=C2/C(=O)O[C@@H](CC(=O)OC)C2=O)O1. The molecule has 1 fully saturated rings. The van der Waals surface area contributed by atoms with Crippen molar-refractivity contribution in [1.82, 2.24) is 0 Å². The third-order valence-corrected chi connectivity index (χ3v) is 4.20. The highest BCUT2D eigenvalue weighted by Crippen LogP contribution is 2.36. The van der Waals surface area contributed by atoms with Gasteiger partial charge >= 0.3 is 11.9 Å². The predicted octanol–water partition coefficient (Wildman–Crippen LogP) is 2.08. The molecule has 23 heavy (non-hydrogen) atoms. The lowest BCUT2D eigenvalue weighted by molar-refractivity contribution is -0.149. The van der Waals surface area contributed by atoms with Gasteiger partial charge in [-0.05, 0) is 31.4 Å². The molecule has 6 nitrogen and oxygen atoms in total. The summed E-state index contributed by atoms with van der Waals surface area (Å²) in [6.07, 6.45) is 3.88. The zero-order valence-corrected chi connectivity index (χ0v) is 13.9. The molecule has 0 radical (unpaired) electrons. The van der Waals surface area contributed by atoms with Crippen LogP contribution in [0.2, 0.25) is 0 Å². The van der Waals surface area contributed by atoms with Gasteiger partial charge in [0.25, 0.3) is 0 Å². The van der Waals surface area contributed by atoms with Gasteiger partial charge in [-0.15, -0.1) is 0 Å². The molecule has 0 unspecified atom stereocenters. The summed E-state index contributed by atoms with van der Waals surface area (Å²) in [5.74, 6) is -1.22. The van der Waals surface area contributed by atoms with E-state index in [1.54, 1.807) is 6.08 Å². The number of esters is 2. The number of Topliss-reactive ketones (excluding diaryl/α,β-unsaturated/α-hetero) is 1. The number of rotatable bonds is 5. The van der Waals surface area contributed by atoms with E-state index in [2.05, 4.69) is 18.6 Å². The van der Waals surface area contributed by atoms with Gasteiger partial charge in [-0.1, -0.05) is 20.3 Å². The smallest absolute Gasteiger partial charge is 0.346 e. The van der Waals surface area contributed by atoms with Crippen molar-refractivity contribution >= 4 is 17.7 Å². The lowest BCUT2D eigenvalue weighted by atomic mass is 9.92. The predicted molar refractivity (Wildman–Crippen MR) is 81.2 cm³/mol. The summed E-state index contributed by atoms with van der Waals surface area (Å²) in [6.45, 7) is 6.14. The van der Waals surface area contributed by atoms with Gasteiger partial charge in [0.15, 0.2) is 6.10 Å². The molecule has 0 aromatic rings. The zero-order chi connectivity index (χ0) is 17.2. The average Bonchev–Trinajstić information content (AvgIpc) is 2.99. The fraction of sp³-hybridized carbons (Fsp3) is 0.588. The second-order valence-corrected chi connectivity index (χ2v) is 6.24. The highest BCUT2D eigenvalue weighted by Gasteiger charge is 2.44. The van der Waals surface area contributed by atoms with Gasteiger partial charge < -0.3 is 14.2 Å². The molecule has 126 valence electrons. The Morgan fingerprint density at radius 1 is 1.43 bits per heavy atom. The van der Waals surface area contributed by atoms with E-state index >= 15 is 0 Å². The van der Waals surface area contributed by atoms with Gasteiger partial charge in [0, 0.05) is 0 Å². The minimum Gasteiger partial charge on any atom is -0.482 e. The summed E-state index contributed by atoms with van der Waals surface area (Å²) in [7, 11) is 1.21. The number of ketones is 1. The van der Waals surface area contributed by atoms with Gasteiger partial charge in [0.2, 0.25) is 5.78 Å². The first-order chi connectivity index (χ1) is 10.8. The van der Waals surface area contributed by atoms with E-state index in [0.717, 1.165) is 12.8 Å². The summed E-state index contributed by atoms with van der Waals surface area (Å²) in [5.41, 5.74) is -0.665. The number of hydrogen-bond acceptors (Lipinski definition) is 6. The molecule has 0 amide bonds. The van der Waals surface area contributed by atoms with Crippen molar-refractivity contribution in [3.63, 3.8) is 0 Å². The van der Waals surface area contributed by atoms with Crippen molar-refractivity contribution in [2.45, 2.75) is 51.7 Å². The highest BCUT2D eigenvalue weighted by atomic mass is 16.6. The number of ether oxygens (including phenoxy) is 3. The molecule has 0 spiro atoms. The molecule has 2 aliphatic heterocycles. The van der Waals surface area contributed by atoms with Gasteiger partial charge in [-0.25, -0.2) is 4.79 Å². The maximum absolute atomic E-state index is 12.3. The van der Waals surface area contributed by atoms with Crippen LogP contribution in [0, 0.1) is 5.92 Å². The molecule has 2 rings (SSSR count). The summed E-state index contributed by atoms with van der Waals surface area (Å²) in [5, 5.41) is 0. The Morgan fingerprint density at radius 2 is 2.13 bits per heavy atom. The number of methoxy groups -OCH3 is 1. The van der Waals surface area contributed by atoms with E-state index in [9.17, 15) is 14.4 Å². The van der Waals surface area contributed by atoms with Crippen LogP contribution in [0.4, 0.5) is 0 Å². The molecule has 6 heteroatoms. The van der Waals surface area contributed by atoms with Crippen molar-refractivity contribution in [3.8, 4) is 0 Å². The standard InChI is InChI=1S/C17H22O6/c1-5-10(2)9-17(3)7-6-11(23-17)14-15(19)12(22-16(14)20)8-13(18)21-4/h6-7,10,12H,5,8-9H2,1-4H3/b14-11-/t10-,12-,17+/m0/s1. The fourth-order valence-corrected chi connectivity index (χ4v) is 2.75. The van der Waals surface area contributed by atoms with E-state index in [-0.39, 0.29) is 17.8 Å². The summed E-state index contributed by atoms with van der Waals surface area (Å²) in [4.78, 5) is 35.6. The van der Waals surface area contributed by atoms with Crippen molar-refractivity contribution in [1.29, 1.82) is 0 Å². The first-order valence-corrected chi connectivity index (χ1v) is 7.74. The molecule has 0 aromatic heterocycles. The summed E-state index contributed by atoms with van der Waals surface area (Å²) >= 11 is 0. The van der Waals surface area contributed by atoms with Crippen LogP contribution in [-0.2, 0) is 28.6 Å². The Balaban J connectivity index is 2.17. The maximum Gasteiger partial charge on any atom is 0.346 e. The van der Waals surface area contributed by atoms with E-state index < -0.39 is 29.4 Å². The van der Waals surface area contributed by atoms with E-state index in [1.807, 2.05) is 13.0 Å². The summed E-state index contributed by atoms with van der Waals surface area (Å²) in [6, 6.07) is 0. The van der Waals surface area contributed by atoms with Gasteiger partial charge in [0.1, 0.15) is 16.9 Å². The molecule has 0 N–H and O–H groups in total. The van der Waals surface area contributed by atoms with Crippen molar-refractivity contribution in [3.05, 3.63) is 23.5 Å². The van der Waals surface area contributed by atoms with E-state index in [1.165, 1.54) is 7.11 Å². The van der Waals surface area contributed by atoms with Crippen molar-refractivity contribution in [2.24, 2.45) is 5.92 Å². The summed E-state index contributed by atoms with van der Waals surface area (Å²) < 4.78 is 15.3. The highest BCUT2D eigenvalue weighted by molar-refractivity contribution is 6.24. The molecule has 0 saturated carbocycles. The molecule has 1 saturated heterocycles. The first-order valence-electron chi connectivity index (χ1n) is 7.74. The van der Waals surface area contributed by atoms with Crippen LogP contribution in [0.25, 0.3) is 0 Å². The number of allylic oxidation sites excluding steroid dienone is 1. The normalized spacial score (nSPS) is 31.0. The molecular weight excluding hydrogens is 300 g/mol. The van der Waals surface area contributed by atoms with Gasteiger partial charge in [-0.3, -0.25) is 9.59 Å². The molecule has 0 aliphatic carbocycles. The van der Waals surface area contributed by atoms with E-state index in [0.29, 0.717) is 5.92 Å². The fourth-order valence-electron chi connectivity index (χ4n) is 2.75. The zero-order valence-electron chi connectivity index (χ0n) is 13.9. The van der Waals surface area contributed by atoms with E-state index in [4.69, 9.17) is 9.47 Å². The maximum atomic E-state index is 12.3. The molecule has 0 aromatic carbocycles. The van der Waals surface area contributed by atoms with Gasteiger partial charge in [0.05, 0.1) is 13.5 Å². The van der Waals surface area contributed by atoms with Crippen LogP contribution in [-0.4, -0.2) is 36.5 Å². The Labute approximate surface area is 135 Å². The van der Waals surface area contributed by atoms with Crippen LogP contribution < -0.4 is 0 Å². The Hall–Kier alpha value is -2.11. The van der Waals surface area contributed by atoms with Crippen LogP contribution in [0.1, 0.15) is 40.0 Å². The third kappa shape index (κ3) is 3.63. The first kappa shape index (κ1) is 17.2. The monoisotopic (exact) mass is 322 g/mol. The lowest BCUT2D eigenvalue weighted by Gasteiger charge is -2.26. The molecular formula is C17H22O6. The quantitative estimate of drug-likeness (QED) is 0.438. The lowest BCUT2D eigenvalue weighted by Crippen LogP contribution is -2.25. The van der Waals surface area contributed by atoms with Gasteiger partial charge in [-0.2, -0.15) is 0 Å². The third-order valence-electron chi connectivity index (χ3n) is 4.20. The molecule has 2 heterocycles.